The lowest BCUT2D eigenvalue weighted by Crippen LogP contribution is -2.45. The quantitative estimate of drug-likeness (QED) is 0.227. The third-order valence-corrected chi connectivity index (χ3v) is 11.2. The third kappa shape index (κ3) is 7.39. The van der Waals surface area contributed by atoms with Gasteiger partial charge in [-0.15, -0.1) is 0 Å². The largest absolute Gasteiger partial charge is 0.497 e. The minimum atomic E-state index is 0.437. The topological polar surface area (TPSA) is 87.1 Å². The SMILES string of the molecule is COc1ccc2c3c([nH]c2c1)[C@@H](CCN1CCN(C)CC1)NCC3.COc1ccc2c3c([nH]c2c1)[C@H](CCN1CCN(C)CC1)NCC3. The lowest BCUT2D eigenvalue weighted by molar-refractivity contribution is 0.148. The minimum Gasteiger partial charge on any atom is -0.497 e. The maximum Gasteiger partial charge on any atom is 0.120 e. The average Bonchev–Trinajstić information content (AvgIpc) is 3.69. The molecule has 2 saturated heterocycles. The fourth-order valence-corrected chi connectivity index (χ4v) is 8.10. The van der Waals surface area contributed by atoms with Gasteiger partial charge in [-0.25, -0.2) is 0 Å². The molecule has 4 aliphatic rings. The maximum atomic E-state index is 5.37. The van der Waals surface area contributed by atoms with Crippen LogP contribution >= 0.6 is 0 Å². The number of likely N-dealkylation sites (N-methyl/N-ethyl adjacent to an activating group) is 2. The predicted octanol–water partition coefficient (Wildman–Crippen LogP) is 4.00. The van der Waals surface area contributed by atoms with Gasteiger partial charge in [-0.05, 0) is 88.3 Å². The van der Waals surface area contributed by atoms with E-state index in [1.54, 1.807) is 14.2 Å². The molecule has 2 aromatic heterocycles. The van der Waals surface area contributed by atoms with Crippen LogP contribution in [0.15, 0.2) is 36.4 Å². The highest BCUT2D eigenvalue weighted by Crippen LogP contribution is 2.34. The molecule has 0 aliphatic carbocycles. The van der Waals surface area contributed by atoms with Crippen LogP contribution in [0.4, 0.5) is 0 Å². The van der Waals surface area contributed by atoms with Crippen molar-refractivity contribution in [2.24, 2.45) is 0 Å². The van der Waals surface area contributed by atoms with Crippen molar-refractivity contribution < 1.29 is 9.47 Å². The van der Waals surface area contributed by atoms with E-state index in [0.29, 0.717) is 12.1 Å². The highest BCUT2D eigenvalue weighted by atomic mass is 16.5. The van der Waals surface area contributed by atoms with E-state index in [-0.39, 0.29) is 0 Å². The summed E-state index contributed by atoms with van der Waals surface area (Å²) < 4.78 is 10.7. The first-order valence-corrected chi connectivity index (χ1v) is 18.1. The average molecular weight is 657 g/mol. The smallest absolute Gasteiger partial charge is 0.120 e. The summed E-state index contributed by atoms with van der Waals surface area (Å²) in [5, 5.41) is 10.1. The van der Waals surface area contributed by atoms with Gasteiger partial charge in [-0.2, -0.15) is 0 Å². The first-order valence-electron chi connectivity index (χ1n) is 18.1. The molecule has 0 bridgehead atoms. The predicted molar refractivity (Wildman–Crippen MR) is 196 cm³/mol. The first-order chi connectivity index (χ1) is 23.5. The van der Waals surface area contributed by atoms with Crippen molar-refractivity contribution in [3.8, 4) is 11.5 Å². The van der Waals surface area contributed by atoms with Crippen LogP contribution in [0.2, 0.25) is 0 Å². The Bertz CT molecular complexity index is 1530. The van der Waals surface area contributed by atoms with E-state index in [4.69, 9.17) is 9.47 Å². The van der Waals surface area contributed by atoms with Crippen molar-refractivity contribution in [2.45, 2.75) is 37.8 Å². The van der Waals surface area contributed by atoms with Crippen LogP contribution in [0.25, 0.3) is 21.8 Å². The molecule has 4 aromatic rings. The Morgan fingerprint density at radius 2 is 1.02 bits per heavy atom. The Hall–Kier alpha value is -3.12. The summed E-state index contributed by atoms with van der Waals surface area (Å²) in [4.78, 5) is 17.4. The van der Waals surface area contributed by atoms with E-state index in [9.17, 15) is 0 Å². The zero-order valence-corrected chi connectivity index (χ0v) is 29.5. The highest BCUT2D eigenvalue weighted by Gasteiger charge is 2.26. The Kier molecular flexibility index (Phi) is 10.6. The number of methoxy groups -OCH3 is 2. The van der Waals surface area contributed by atoms with Crippen LogP contribution in [-0.2, 0) is 12.8 Å². The highest BCUT2D eigenvalue weighted by molar-refractivity contribution is 5.87. The molecule has 2 fully saturated rings. The normalized spacial score (nSPS) is 22.7. The second kappa shape index (κ2) is 15.2. The molecular formula is C38H56N8O2. The molecule has 8 rings (SSSR count). The number of rotatable bonds is 8. The molecule has 0 unspecified atom stereocenters. The van der Waals surface area contributed by atoms with Gasteiger partial charge in [0.1, 0.15) is 11.5 Å². The summed E-state index contributed by atoms with van der Waals surface area (Å²) in [6.07, 6.45) is 4.54. The molecule has 0 saturated carbocycles. The number of nitrogens with zero attached hydrogens (tertiary/aromatic N) is 4. The molecule has 10 heteroatoms. The maximum absolute atomic E-state index is 5.37. The summed E-state index contributed by atoms with van der Waals surface area (Å²) in [7, 11) is 7.88. The van der Waals surface area contributed by atoms with E-state index in [2.05, 4.69) is 90.7 Å². The number of ether oxygens (including phenoxy) is 2. The minimum absolute atomic E-state index is 0.437. The van der Waals surface area contributed by atoms with Gasteiger partial charge in [-0.1, -0.05) is 0 Å². The standard InChI is InChI=1S/2C19H28N4O/c2*1-22-9-11-23(12-10-22)8-6-17-19-16(5-7-20-17)15-4-3-14(24-2)13-18(15)21-19/h2*3-4,13,17,20-21H,5-12H2,1-2H3/t2*17-/m10/s1. The van der Waals surface area contributed by atoms with Crippen molar-refractivity contribution in [3.05, 3.63) is 58.9 Å². The number of piperazine rings is 2. The lowest BCUT2D eigenvalue weighted by atomic mass is 9.97. The van der Waals surface area contributed by atoms with Crippen LogP contribution in [0.1, 0.15) is 47.4 Å². The fraction of sp³-hybridized carbons (Fsp3) is 0.579. The zero-order valence-electron chi connectivity index (χ0n) is 29.5. The van der Waals surface area contributed by atoms with E-state index in [1.165, 1.54) is 123 Å². The van der Waals surface area contributed by atoms with E-state index < -0.39 is 0 Å². The van der Waals surface area contributed by atoms with Crippen LogP contribution in [0.3, 0.4) is 0 Å². The zero-order chi connectivity index (χ0) is 33.0. The number of aromatic nitrogens is 2. The molecule has 2 atom stereocenters. The Balaban J connectivity index is 0.000000152. The second-order valence-corrected chi connectivity index (χ2v) is 14.2. The molecule has 6 heterocycles. The van der Waals surface area contributed by atoms with Crippen LogP contribution in [0, 0.1) is 0 Å². The summed E-state index contributed by atoms with van der Waals surface area (Å²) in [6.45, 7) is 14.0. The molecule has 260 valence electrons. The van der Waals surface area contributed by atoms with Crippen LogP contribution in [-0.4, -0.2) is 136 Å². The summed E-state index contributed by atoms with van der Waals surface area (Å²) in [6, 6.07) is 13.6. The van der Waals surface area contributed by atoms with Gasteiger partial charge in [0, 0.05) is 123 Å². The van der Waals surface area contributed by atoms with Crippen LogP contribution < -0.4 is 20.1 Å². The number of nitrogens with one attached hydrogen (secondary N) is 4. The molecule has 4 N–H and O–H groups in total. The van der Waals surface area contributed by atoms with Crippen molar-refractivity contribution >= 4 is 21.8 Å². The molecule has 0 radical (unpaired) electrons. The third-order valence-electron chi connectivity index (χ3n) is 11.2. The monoisotopic (exact) mass is 656 g/mol. The number of hydrogen-bond acceptors (Lipinski definition) is 8. The number of fused-ring (bicyclic) bond motifs is 6. The van der Waals surface area contributed by atoms with Gasteiger partial charge in [0.15, 0.2) is 0 Å². The molecule has 2 aromatic carbocycles. The van der Waals surface area contributed by atoms with E-state index >= 15 is 0 Å². The molecule has 0 amide bonds. The summed E-state index contributed by atoms with van der Waals surface area (Å²) >= 11 is 0. The van der Waals surface area contributed by atoms with Gasteiger partial charge < -0.3 is 49.7 Å². The van der Waals surface area contributed by atoms with Crippen molar-refractivity contribution in [3.63, 3.8) is 0 Å². The fourth-order valence-electron chi connectivity index (χ4n) is 8.10. The molecule has 48 heavy (non-hydrogen) atoms. The number of benzene rings is 2. The van der Waals surface area contributed by atoms with E-state index in [1.807, 2.05) is 0 Å². The Morgan fingerprint density at radius 1 is 0.604 bits per heavy atom. The van der Waals surface area contributed by atoms with Crippen molar-refractivity contribution in [2.75, 3.05) is 107 Å². The number of hydrogen-bond donors (Lipinski definition) is 4. The van der Waals surface area contributed by atoms with Gasteiger partial charge >= 0.3 is 0 Å². The number of H-pyrrole nitrogens is 2. The van der Waals surface area contributed by atoms with Crippen molar-refractivity contribution in [1.29, 1.82) is 0 Å². The summed E-state index contributed by atoms with van der Waals surface area (Å²) in [5.41, 5.74) is 8.17. The van der Waals surface area contributed by atoms with E-state index in [0.717, 1.165) is 37.4 Å². The first kappa shape index (κ1) is 33.4. The second-order valence-electron chi connectivity index (χ2n) is 14.2. The van der Waals surface area contributed by atoms with Gasteiger partial charge in [0.05, 0.1) is 14.2 Å². The van der Waals surface area contributed by atoms with Gasteiger partial charge in [-0.3, -0.25) is 0 Å². The van der Waals surface area contributed by atoms with Gasteiger partial charge in [0.2, 0.25) is 0 Å². The van der Waals surface area contributed by atoms with Crippen molar-refractivity contribution in [1.82, 2.24) is 40.2 Å². The Morgan fingerprint density at radius 3 is 1.42 bits per heavy atom. The molecular weight excluding hydrogens is 600 g/mol. The Labute approximate surface area is 286 Å². The molecule has 10 nitrogen and oxygen atoms in total. The number of aromatic amines is 2. The van der Waals surface area contributed by atoms with Crippen LogP contribution in [0.5, 0.6) is 11.5 Å². The lowest BCUT2D eigenvalue weighted by Gasteiger charge is -2.34. The molecule has 4 aliphatic heterocycles. The molecule has 0 spiro atoms. The van der Waals surface area contributed by atoms with Gasteiger partial charge in [0.25, 0.3) is 0 Å². The summed E-state index contributed by atoms with van der Waals surface area (Å²) in [5.74, 6) is 1.84.